The van der Waals surface area contributed by atoms with E-state index in [0.29, 0.717) is 34.1 Å². The summed E-state index contributed by atoms with van der Waals surface area (Å²) >= 11 is 1.83. The van der Waals surface area contributed by atoms with Gasteiger partial charge in [-0.15, -0.1) is 0 Å². The van der Waals surface area contributed by atoms with E-state index in [1.165, 1.54) is 0 Å². The normalized spacial score (nSPS) is 13.7. The molecule has 6 heteroatoms. The first-order valence-electron chi connectivity index (χ1n) is 12.6. The van der Waals surface area contributed by atoms with E-state index in [1.54, 1.807) is 12.1 Å². The van der Waals surface area contributed by atoms with Crippen molar-refractivity contribution in [2.75, 3.05) is 0 Å². The molecule has 38 heavy (non-hydrogen) atoms. The second kappa shape index (κ2) is 11.5. The summed E-state index contributed by atoms with van der Waals surface area (Å²) in [5.74, 6) is 0.701. The van der Waals surface area contributed by atoms with E-state index in [1.807, 2.05) is 97.1 Å². The first kappa shape index (κ1) is 26.7. The van der Waals surface area contributed by atoms with Crippen LogP contribution in [0.5, 0.6) is 0 Å². The van der Waals surface area contributed by atoms with E-state index < -0.39 is 17.7 Å². The van der Waals surface area contributed by atoms with Crippen LogP contribution in [0.2, 0.25) is 5.02 Å². The van der Waals surface area contributed by atoms with Gasteiger partial charge >= 0.3 is 238 Å². The zero-order valence-electron chi connectivity index (χ0n) is 21.2. The predicted octanol–water partition coefficient (Wildman–Crippen LogP) is 7.58. The van der Waals surface area contributed by atoms with Crippen molar-refractivity contribution in [3.05, 3.63) is 131 Å². The van der Waals surface area contributed by atoms with Crippen LogP contribution in [0, 0.1) is 5.92 Å². The number of benzene rings is 4. The second-order valence-corrected chi connectivity index (χ2v) is 20.9. The number of rotatable bonds is 8. The third kappa shape index (κ3) is 5.47. The monoisotopic (exact) mass is 647 g/mol. The van der Waals surface area contributed by atoms with Crippen LogP contribution < -0.4 is 7.16 Å². The maximum absolute atomic E-state index is 14.0. The van der Waals surface area contributed by atoms with Gasteiger partial charge in [0.15, 0.2) is 0 Å². The van der Waals surface area contributed by atoms with Gasteiger partial charge in [0.2, 0.25) is 0 Å². The minimum atomic E-state index is -4.29. The standard InChI is InChI=1S/C20H18ClNO2.2C6H5.ClH.Sn/c1-12(2)11-17(22-14-9-7-13(21)8-10-14)18-19(23)15-5-3-4-6-16(15)20(18)24;2*1-2-4-6-5-3-1;;/h3-10,12,23H,11H2,1-2H3;2*1-5H;1H;/q;;;;+2/p-2. The average molecular weight is 647 g/mol. The van der Waals surface area contributed by atoms with Crippen LogP contribution >= 0.6 is 20.5 Å². The second-order valence-electron chi connectivity index (χ2n) is 9.64. The number of nitrogens with zero attached hydrogens (tertiary/aromatic N) is 1. The third-order valence-electron chi connectivity index (χ3n) is 6.38. The molecule has 0 atom stereocenters. The Bertz CT molecular complexity index is 1470. The number of allylic oxidation sites excluding steroid dienone is 1. The first-order chi connectivity index (χ1) is 18.4. The number of fused-ring (bicyclic) bond motifs is 1. The number of carbonyl (C=O) groups excluding carboxylic acids is 1. The molecule has 0 amide bonds. The molecule has 3 nitrogen and oxygen atoms in total. The van der Waals surface area contributed by atoms with E-state index in [0.717, 1.165) is 18.4 Å². The Kier molecular flexibility index (Phi) is 8.08. The molecule has 0 aliphatic heterocycles. The molecule has 0 saturated heterocycles. The van der Waals surface area contributed by atoms with Gasteiger partial charge in [-0.1, -0.05) is 0 Å². The molecule has 0 saturated carbocycles. The molecule has 0 spiro atoms. The van der Waals surface area contributed by atoms with Crippen molar-refractivity contribution in [2.45, 2.75) is 20.3 Å². The Morgan fingerprint density at radius 1 is 0.789 bits per heavy atom. The predicted molar refractivity (Wildman–Crippen MR) is 161 cm³/mol. The van der Waals surface area contributed by atoms with Crippen molar-refractivity contribution in [1.82, 2.24) is 0 Å². The van der Waals surface area contributed by atoms with Crippen LogP contribution in [0.4, 0.5) is 5.69 Å². The zero-order valence-corrected chi connectivity index (χ0v) is 25.6. The zero-order chi connectivity index (χ0) is 26.7. The van der Waals surface area contributed by atoms with Crippen molar-refractivity contribution in [2.24, 2.45) is 10.9 Å². The summed E-state index contributed by atoms with van der Waals surface area (Å²) < 4.78 is 8.97. The number of aliphatic imine (C=N–C) groups is 1. The van der Waals surface area contributed by atoms with Gasteiger partial charge in [0.05, 0.1) is 0 Å². The number of hydrogen-bond acceptors (Lipinski definition) is 3. The maximum atomic E-state index is 14.0. The first-order valence-corrected chi connectivity index (χ1v) is 20.6. The summed E-state index contributed by atoms with van der Waals surface area (Å²) in [5.41, 5.74) is 3.27. The molecule has 190 valence electrons. The van der Waals surface area contributed by atoms with Crippen molar-refractivity contribution in [3.63, 3.8) is 0 Å². The summed E-state index contributed by atoms with van der Waals surface area (Å²) in [6.07, 6.45) is 0.603. The molecule has 0 bridgehead atoms. The van der Waals surface area contributed by atoms with Gasteiger partial charge in [-0.2, -0.15) is 0 Å². The van der Waals surface area contributed by atoms with Crippen molar-refractivity contribution in [3.8, 4) is 0 Å². The molecule has 4 aromatic carbocycles. The van der Waals surface area contributed by atoms with Gasteiger partial charge in [-0.05, 0) is 0 Å². The fourth-order valence-corrected chi connectivity index (χ4v) is 13.5. The molecule has 0 unspecified atom stereocenters. The number of hydrogen-bond donors (Lipinski definition) is 0. The van der Waals surface area contributed by atoms with Gasteiger partial charge in [-0.3, -0.25) is 0 Å². The molecule has 1 aliphatic carbocycles. The molecule has 0 radical (unpaired) electrons. The van der Waals surface area contributed by atoms with Crippen LogP contribution in [0.25, 0.3) is 5.76 Å². The summed E-state index contributed by atoms with van der Waals surface area (Å²) in [6.45, 7) is 4.23. The van der Waals surface area contributed by atoms with Crippen molar-refractivity contribution >= 4 is 68.3 Å². The topological polar surface area (TPSA) is 38.7 Å². The molecular formula is C32H27Cl2NO2Sn. The number of ketones is 1. The van der Waals surface area contributed by atoms with E-state index in [2.05, 4.69) is 13.8 Å². The van der Waals surface area contributed by atoms with Crippen molar-refractivity contribution < 1.29 is 7.87 Å². The number of Topliss-reactive ketones (excluding diaryl/α,β-unsaturated/α-hetero) is 1. The third-order valence-corrected chi connectivity index (χ3v) is 17.6. The minimum absolute atomic E-state index is 0.0876. The Morgan fingerprint density at radius 2 is 1.32 bits per heavy atom. The number of halogens is 2. The molecule has 4 aromatic rings. The quantitative estimate of drug-likeness (QED) is 0.146. The van der Waals surface area contributed by atoms with Gasteiger partial charge in [-0.25, -0.2) is 0 Å². The molecule has 1 aliphatic rings. The fraction of sp³-hybridized carbons (Fsp3) is 0.125. The summed E-state index contributed by atoms with van der Waals surface area (Å²) in [6, 6.07) is 34.8. The van der Waals surface area contributed by atoms with Gasteiger partial charge in [0.1, 0.15) is 0 Å². The van der Waals surface area contributed by atoms with Crippen LogP contribution in [-0.2, 0) is 3.07 Å². The SMILES string of the molecule is CC(C)CC(=Nc1ccc(Cl)cc1)C1=C([O][Sn]([Cl])([c]2ccccc2)[c]2ccccc2)c2ccccc2C1=O. The molecule has 5 rings (SSSR count). The molecule has 0 N–H and O–H groups in total. The van der Waals surface area contributed by atoms with Crippen LogP contribution in [0.1, 0.15) is 36.2 Å². The average Bonchev–Trinajstić information content (AvgIpc) is 3.21. The molecule has 0 aromatic heterocycles. The molecular weight excluding hydrogens is 620 g/mol. The Balaban J connectivity index is 1.73. The Labute approximate surface area is 236 Å². The summed E-state index contributed by atoms with van der Waals surface area (Å²) in [7, 11) is 7.63. The molecule has 0 fully saturated rings. The van der Waals surface area contributed by atoms with Crippen LogP contribution in [0.3, 0.4) is 0 Å². The van der Waals surface area contributed by atoms with E-state index >= 15 is 0 Å². The summed E-state index contributed by atoms with van der Waals surface area (Å²) in [5, 5.41) is 0.633. The molecule has 0 heterocycles. The van der Waals surface area contributed by atoms with Gasteiger partial charge in [0, 0.05) is 0 Å². The van der Waals surface area contributed by atoms with Gasteiger partial charge < -0.3 is 0 Å². The van der Waals surface area contributed by atoms with Gasteiger partial charge in [0.25, 0.3) is 0 Å². The Morgan fingerprint density at radius 3 is 1.87 bits per heavy atom. The van der Waals surface area contributed by atoms with E-state index in [4.69, 9.17) is 28.6 Å². The Hall–Kier alpha value is -2.86. The number of carbonyl (C=O) groups is 1. The fourth-order valence-electron chi connectivity index (χ4n) is 4.61. The van der Waals surface area contributed by atoms with E-state index in [9.17, 15) is 4.79 Å². The van der Waals surface area contributed by atoms with Crippen LogP contribution in [0.15, 0.2) is 120 Å². The van der Waals surface area contributed by atoms with Crippen molar-refractivity contribution in [1.29, 1.82) is 0 Å². The van der Waals surface area contributed by atoms with Crippen LogP contribution in [-0.4, -0.2) is 29.2 Å². The van der Waals surface area contributed by atoms with E-state index in [-0.39, 0.29) is 11.7 Å². The summed E-state index contributed by atoms with van der Waals surface area (Å²) in [4.78, 5) is 18.9.